The van der Waals surface area contributed by atoms with Crippen molar-refractivity contribution in [2.45, 2.75) is 20.8 Å². The molecule has 0 aromatic heterocycles. The summed E-state index contributed by atoms with van der Waals surface area (Å²) in [4.78, 5) is 12.1. The summed E-state index contributed by atoms with van der Waals surface area (Å²) in [6.45, 7) is 8.10. The summed E-state index contributed by atoms with van der Waals surface area (Å²) < 4.78 is 17.6. The van der Waals surface area contributed by atoms with E-state index in [9.17, 15) is 14.5 Å². The minimum atomic E-state index is -0.606. The van der Waals surface area contributed by atoms with E-state index in [4.69, 9.17) is 0 Å². The predicted molar refractivity (Wildman–Crippen MR) is 73.2 cm³/mol. The molecule has 0 aliphatic rings. The number of nitro groups is 1. The van der Waals surface area contributed by atoms with Crippen LogP contribution < -0.4 is 4.74 Å². The number of rotatable bonds is 4. The molecule has 0 saturated heterocycles. The van der Waals surface area contributed by atoms with Crippen LogP contribution in [0.25, 0.3) is 0 Å². The third kappa shape index (κ3) is 5.65. The topological polar surface area (TPSA) is 55.6 Å². The lowest BCUT2D eigenvalue weighted by molar-refractivity contribution is -0.385. The van der Waals surface area contributed by atoms with Gasteiger partial charge in [0.05, 0.1) is 12.0 Å². The quantitative estimate of drug-likeness (QED) is 0.624. The van der Waals surface area contributed by atoms with Crippen molar-refractivity contribution in [1.82, 2.24) is 4.90 Å². The number of halogens is 1. The second-order valence-corrected chi connectivity index (χ2v) is 4.02. The van der Waals surface area contributed by atoms with Crippen molar-refractivity contribution in [1.29, 1.82) is 0 Å². The van der Waals surface area contributed by atoms with Crippen molar-refractivity contribution in [3.05, 3.63) is 33.6 Å². The standard InChI is InChI=1S/C8H8FNO3.C5H13N/c1-5-3-7(10(11)12)8(13-2)4-6(5)9;1-4-6(3)5-2/h3-4H,1-2H3;4-5H2,1-3H3. The molecule has 0 aliphatic carbocycles. The Morgan fingerprint density at radius 1 is 1.37 bits per heavy atom. The molecule has 0 bridgehead atoms. The van der Waals surface area contributed by atoms with Crippen LogP contribution >= 0.6 is 0 Å². The minimum Gasteiger partial charge on any atom is -0.490 e. The Morgan fingerprint density at radius 3 is 2.21 bits per heavy atom. The lowest BCUT2D eigenvalue weighted by atomic mass is 10.2. The second-order valence-electron chi connectivity index (χ2n) is 4.02. The van der Waals surface area contributed by atoms with Crippen molar-refractivity contribution in [2.24, 2.45) is 0 Å². The highest BCUT2D eigenvalue weighted by Gasteiger charge is 2.16. The summed E-state index contributed by atoms with van der Waals surface area (Å²) in [7, 11) is 3.37. The van der Waals surface area contributed by atoms with Crippen molar-refractivity contribution >= 4 is 5.69 Å². The highest BCUT2D eigenvalue weighted by atomic mass is 19.1. The van der Waals surface area contributed by atoms with E-state index >= 15 is 0 Å². The average molecular weight is 272 g/mol. The molecule has 1 aromatic carbocycles. The van der Waals surface area contributed by atoms with Gasteiger partial charge in [0, 0.05) is 12.1 Å². The highest BCUT2D eigenvalue weighted by molar-refractivity contribution is 5.48. The van der Waals surface area contributed by atoms with E-state index in [2.05, 4.69) is 30.5 Å². The van der Waals surface area contributed by atoms with Gasteiger partial charge in [-0.3, -0.25) is 10.1 Å². The zero-order valence-corrected chi connectivity index (χ0v) is 12.1. The maximum absolute atomic E-state index is 12.9. The number of nitrogens with zero attached hydrogens (tertiary/aromatic N) is 2. The number of aryl methyl sites for hydroxylation is 1. The molecule has 6 heteroatoms. The van der Waals surface area contributed by atoms with E-state index in [0.29, 0.717) is 0 Å². The van der Waals surface area contributed by atoms with Crippen molar-refractivity contribution in [2.75, 3.05) is 27.2 Å². The minimum absolute atomic E-state index is 0.0619. The molecule has 1 rings (SSSR count). The zero-order chi connectivity index (χ0) is 15.0. The van der Waals surface area contributed by atoms with Crippen molar-refractivity contribution in [3.8, 4) is 5.75 Å². The third-order valence-electron chi connectivity index (χ3n) is 2.74. The fourth-order valence-electron chi connectivity index (χ4n) is 1.18. The van der Waals surface area contributed by atoms with Gasteiger partial charge in [0.2, 0.25) is 0 Å². The Kier molecular flexibility index (Phi) is 7.67. The molecule has 0 spiro atoms. The molecule has 0 heterocycles. The first-order valence-corrected chi connectivity index (χ1v) is 6.04. The van der Waals surface area contributed by atoms with Gasteiger partial charge in [-0.05, 0) is 32.6 Å². The average Bonchev–Trinajstić information content (AvgIpc) is 2.40. The summed E-state index contributed by atoms with van der Waals surface area (Å²) >= 11 is 0. The number of ether oxygens (including phenoxy) is 1. The van der Waals surface area contributed by atoms with Gasteiger partial charge in [-0.25, -0.2) is 4.39 Å². The number of hydrogen-bond acceptors (Lipinski definition) is 4. The van der Waals surface area contributed by atoms with Gasteiger partial charge in [-0.2, -0.15) is 0 Å². The molecular weight excluding hydrogens is 251 g/mol. The first-order chi connectivity index (χ1) is 8.87. The summed E-state index contributed by atoms with van der Waals surface area (Å²) in [5.41, 5.74) is 0.00824. The molecule has 5 nitrogen and oxygen atoms in total. The molecule has 0 unspecified atom stereocenters. The van der Waals surface area contributed by atoms with Gasteiger partial charge in [0.15, 0.2) is 5.75 Å². The van der Waals surface area contributed by atoms with E-state index in [0.717, 1.165) is 25.2 Å². The number of nitro benzene ring substituents is 1. The summed E-state index contributed by atoms with van der Waals surface area (Å²) in [6, 6.07) is 2.15. The Morgan fingerprint density at radius 2 is 1.89 bits per heavy atom. The van der Waals surface area contributed by atoms with Gasteiger partial charge in [0.1, 0.15) is 5.82 Å². The van der Waals surface area contributed by atoms with E-state index in [1.807, 2.05) is 0 Å². The Balaban J connectivity index is 0.000000459. The first kappa shape index (κ1) is 17.3. The fraction of sp³-hybridized carbons (Fsp3) is 0.538. The molecule has 19 heavy (non-hydrogen) atoms. The molecule has 0 fully saturated rings. The summed E-state index contributed by atoms with van der Waals surface area (Å²) in [5.74, 6) is -0.574. The molecule has 0 radical (unpaired) electrons. The van der Waals surface area contributed by atoms with Gasteiger partial charge >= 0.3 is 5.69 Å². The SMILES string of the molecule is CCN(C)CC.COc1cc(F)c(C)cc1[N+](=O)[O-]. The summed E-state index contributed by atoms with van der Waals surface area (Å²) in [5, 5.41) is 10.4. The maximum atomic E-state index is 12.9. The Labute approximate surface area is 113 Å². The molecule has 0 aliphatic heterocycles. The van der Waals surface area contributed by atoms with E-state index < -0.39 is 10.7 Å². The number of benzene rings is 1. The lowest BCUT2D eigenvalue weighted by Crippen LogP contribution is -2.15. The van der Waals surface area contributed by atoms with E-state index in [1.54, 1.807) is 0 Å². The third-order valence-corrected chi connectivity index (χ3v) is 2.74. The Hall–Kier alpha value is -1.69. The lowest BCUT2D eigenvalue weighted by Gasteiger charge is -2.07. The summed E-state index contributed by atoms with van der Waals surface area (Å²) in [6.07, 6.45) is 0. The molecule has 0 atom stereocenters. The highest BCUT2D eigenvalue weighted by Crippen LogP contribution is 2.28. The maximum Gasteiger partial charge on any atom is 0.311 e. The first-order valence-electron chi connectivity index (χ1n) is 6.04. The van der Waals surface area contributed by atoms with Crippen molar-refractivity contribution in [3.63, 3.8) is 0 Å². The van der Waals surface area contributed by atoms with E-state index in [-0.39, 0.29) is 17.0 Å². The van der Waals surface area contributed by atoms with Gasteiger partial charge < -0.3 is 9.64 Å². The largest absolute Gasteiger partial charge is 0.490 e. The van der Waals surface area contributed by atoms with E-state index in [1.165, 1.54) is 14.0 Å². The second kappa shape index (κ2) is 8.42. The van der Waals surface area contributed by atoms with Crippen LogP contribution in [0, 0.1) is 22.9 Å². The van der Waals surface area contributed by atoms with Crippen LogP contribution in [0.4, 0.5) is 10.1 Å². The van der Waals surface area contributed by atoms with Crippen LogP contribution in [-0.2, 0) is 0 Å². The van der Waals surface area contributed by atoms with Crippen LogP contribution in [0.2, 0.25) is 0 Å². The molecule has 0 amide bonds. The zero-order valence-electron chi connectivity index (χ0n) is 12.1. The molecule has 108 valence electrons. The molecule has 1 aromatic rings. The van der Waals surface area contributed by atoms with Gasteiger partial charge in [0.25, 0.3) is 0 Å². The fourth-order valence-corrected chi connectivity index (χ4v) is 1.18. The normalized spacial score (nSPS) is 9.84. The number of hydrogen-bond donors (Lipinski definition) is 0. The van der Waals surface area contributed by atoms with Gasteiger partial charge in [-0.15, -0.1) is 0 Å². The molecular formula is C13H21FN2O3. The van der Waals surface area contributed by atoms with Crippen LogP contribution in [0.15, 0.2) is 12.1 Å². The smallest absolute Gasteiger partial charge is 0.311 e. The predicted octanol–water partition coefficient (Wildman–Crippen LogP) is 3.01. The van der Waals surface area contributed by atoms with Crippen LogP contribution in [0.1, 0.15) is 19.4 Å². The molecule has 0 N–H and O–H groups in total. The van der Waals surface area contributed by atoms with Crippen molar-refractivity contribution < 1.29 is 14.1 Å². The van der Waals surface area contributed by atoms with Crippen LogP contribution in [0.5, 0.6) is 5.75 Å². The molecule has 0 saturated carbocycles. The Bertz CT molecular complexity index is 421. The van der Waals surface area contributed by atoms with Gasteiger partial charge in [-0.1, -0.05) is 13.8 Å². The monoisotopic (exact) mass is 272 g/mol. The van der Waals surface area contributed by atoms with Crippen LogP contribution in [0.3, 0.4) is 0 Å². The number of methoxy groups -OCH3 is 1. The van der Waals surface area contributed by atoms with Crippen LogP contribution in [-0.4, -0.2) is 37.1 Å².